The van der Waals surface area contributed by atoms with Gasteiger partial charge in [0.2, 0.25) is 0 Å². The Labute approximate surface area is 81.9 Å². The van der Waals surface area contributed by atoms with E-state index < -0.39 is 7.25 Å². The van der Waals surface area contributed by atoms with Gasteiger partial charge in [0.15, 0.2) is 0 Å². The van der Waals surface area contributed by atoms with Crippen LogP contribution in [0.15, 0.2) is 11.8 Å². The van der Waals surface area contributed by atoms with Gasteiger partial charge >= 0.3 is 7.25 Å². The van der Waals surface area contributed by atoms with Gasteiger partial charge in [-0.05, 0) is 19.8 Å². The third kappa shape index (κ3) is 7.95. The van der Waals surface area contributed by atoms with Gasteiger partial charge in [-0.3, -0.25) is 0 Å². The standard InChI is InChI=1S/C8H15N.BF4/c1-3-6-9-7-4-5-8(9)2;2-1(3,4)5/h5H,3-4,6-7H2,1-2H3;/q;-1. The van der Waals surface area contributed by atoms with Crippen molar-refractivity contribution in [2.45, 2.75) is 26.7 Å². The van der Waals surface area contributed by atoms with Gasteiger partial charge < -0.3 is 22.2 Å². The lowest BCUT2D eigenvalue weighted by atomic mass is 10.3. The Bertz CT molecular complexity index is 184. The lowest BCUT2D eigenvalue weighted by Gasteiger charge is -2.18. The molecule has 0 aromatic rings. The fourth-order valence-electron chi connectivity index (χ4n) is 1.29. The summed E-state index contributed by atoms with van der Waals surface area (Å²) in [5.74, 6) is 0. The van der Waals surface area contributed by atoms with Crippen molar-refractivity contribution in [3.63, 3.8) is 0 Å². The van der Waals surface area contributed by atoms with E-state index in [2.05, 4.69) is 24.8 Å². The zero-order chi connectivity index (χ0) is 11.2. The molecule has 1 rings (SSSR count). The highest BCUT2D eigenvalue weighted by molar-refractivity contribution is 6.50. The highest BCUT2D eigenvalue weighted by atomic mass is 19.5. The second-order valence-electron chi connectivity index (χ2n) is 3.12. The van der Waals surface area contributed by atoms with Gasteiger partial charge in [0.1, 0.15) is 0 Å². The average Bonchev–Trinajstić information content (AvgIpc) is 2.34. The van der Waals surface area contributed by atoms with Crippen molar-refractivity contribution in [3.05, 3.63) is 11.8 Å². The number of hydrogen-bond acceptors (Lipinski definition) is 1. The van der Waals surface area contributed by atoms with E-state index in [0.717, 1.165) is 0 Å². The SMILES string of the molecule is CCCN1CCC=C1C.F[B-](F)(F)F. The van der Waals surface area contributed by atoms with E-state index in [1.54, 1.807) is 0 Å². The Kier molecular flexibility index (Phi) is 5.65. The lowest BCUT2D eigenvalue weighted by molar-refractivity contribution is 0.368. The third-order valence-electron chi connectivity index (χ3n) is 1.83. The summed E-state index contributed by atoms with van der Waals surface area (Å²) < 4.78 is 39.0. The summed E-state index contributed by atoms with van der Waals surface area (Å²) in [4.78, 5) is 2.44. The summed E-state index contributed by atoms with van der Waals surface area (Å²) in [5, 5.41) is 0. The quantitative estimate of drug-likeness (QED) is 0.501. The smallest absolute Gasteiger partial charge is 0.418 e. The molecule has 0 spiro atoms. The minimum absolute atomic E-state index is 1.24. The summed E-state index contributed by atoms with van der Waals surface area (Å²) in [7, 11) is -6.00. The van der Waals surface area contributed by atoms with E-state index in [-0.39, 0.29) is 0 Å². The maximum absolute atomic E-state index is 9.75. The third-order valence-corrected chi connectivity index (χ3v) is 1.83. The zero-order valence-corrected chi connectivity index (χ0v) is 8.44. The number of hydrogen-bond donors (Lipinski definition) is 0. The van der Waals surface area contributed by atoms with Crippen molar-refractivity contribution in [2.24, 2.45) is 0 Å². The van der Waals surface area contributed by atoms with Crippen LogP contribution in [0.2, 0.25) is 0 Å². The van der Waals surface area contributed by atoms with E-state index in [0.29, 0.717) is 0 Å². The molecule has 0 amide bonds. The van der Waals surface area contributed by atoms with E-state index in [4.69, 9.17) is 0 Å². The second-order valence-corrected chi connectivity index (χ2v) is 3.12. The topological polar surface area (TPSA) is 3.24 Å². The minimum atomic E-state index is -6.00. The molecule has 0 saturated heterocycles. The summed E-state index contributed by atoms with van der Waals surface area (Å²) in [6.45, 7) is 6.91. The maximum Gasteiger partial charge on any atom is 0.673 e. The van der Waals surface area contributed by atoms with Gasteiger partial charge in [-0.15, -0.1) is 0 Å². The van der Waals surface area contributed by atoms with E-state index in [1.807, 2.05) is 0 Å². The molecule has 1 aliphatic rings. The maximum atomic E-state index is 9.75. The van der Waals surface area contributed by atoms with Crippen LogP contribution < -0.4 is 0 Å². The summed E-state index contributed by atoms with van der Waals surface area (Å²) in [5.41, 5.74) is 1.47. The van der Waals surface area contributed by atoms with Crippen molar-refractivity contribution in [2.75, 3.05) is 13.1 Å². The van der Waals surface area contributed by atoms with Crippen LogP contribution in [0.4, 0.5) is 17.3 Å². The van der Waals surface area contributed by atoms with E-state index >= 15 is 0 Å². The van der Waals surface area contributed by atoms with Crippen LogP contribution in [-0.2, 0) is 0 Å². The monoisotopic (exact) mass is 212 g/mol. The van der Waals surface area contributed by atoms with Crippen molar-refractivity contribution in [1.82, 2.24) is 4.90 Å². The fourth-order valence-corrected chi connectivity index (χ4v) is 1.29. The van der Waals surface area contributed by atoms with E-state index in [1.165, 1.54) is 31.6 Å². The van der Waals surface area contributed by atoms with Crippen LogP contribution in [0.5, 0.6) is 0 Å². The molecule has 0 aromatic heterocycles. The van der Waals surface area contributed by atoms with Crippen molar-refractivity contribution in [3.8, 4) is 0 Å². The molecule has 0 aliphatic carbocycles. The molecule has 0 N–H and O–H groups in total. The average molecular weight is 212 g/mol. The van der Waals surface area contributed by atoms with Crippen LogP contribution in [0.1, 0.15) is 26.7 Å². The van der Waals surface area contributed by atoms with Crippen molar-refractivity contribution < 1.29 is 17.3 Å². The normalized spacial score (nSPS) is 16.1. The molecule has 1 nitrogen and oxygen atoms in total. The Hall–Kier alpha value is -0.675. The Morgan fingerprint density at radius 2 is 1.86 bits per heavy atom. The fraction of sp³-hybridized carbons (Fsp3) is 0.750. The Morgan fingerprint density at radius 3 is 2.14 bits per heavy atom. The summed E-state index contributed by atoms with van der Waals surface area (Å²) in [6.07, 6.45) is 4.84. The summed E-state index contributed by atoms with van der Waals surface area (Å²) >= 11 is 0. The lowest BCUT2D eigenvalue weighted by Crippen LogP contribution is -2.18. The molecule has 0 fully saturated rings. The molecule has 1 heterocycles. The van der Waals surface area contributed by atoms with Gasteiger partial charge in [0.25, 0.3) is 0 Å². The summed E-state index contributed by atoms with van der Waals surface area (Å²) in [6, 6.07) is 0. The van der Waals surface area contributed by atoms with Crippen molar-refractivity contribution in [1.29, 1.82) is 0 Å². The second kappa shape index (κ2) is 5.93. The molecular weight excluding hydrogens is 197 g/mol. The first-order valence-corrected chi connectivity index (χ1v) is 4.63. The van der Waals surface area contributed by atoms with Gasteiger partial charge in [0.05, 0.1) is 0 Å². The number of rotatable bonds is 2. The van der Waals surface area contributed by atoms with Crippen LogP contribution in [0.3, 0.4) is 0 Å². The van der Waals surface area contributed by atoms with Gasteiger partial charge in [-0.2, -0.15) is 0 Å². The molecule has 0 unspecified atom stereocenters. The molecule has 0 bridgehead atoms. The molecule has 0 radical (unpaired) electrons. The molecule has 0 aromatic carbocycles. The van der Waals surface area contributed by atoms with Crippen LogP contribution >= 0.6 is 0 Å². The first kappa shape index (κ1) is 13.3. The van der Waals surface area contributed by atoms with E-state index in [9.17, 15) is 17.3 Å². The highest BCUT2D eigenvalue weighted by Crippen LogP contribution is 2.13. The molecule has 0 saturated carbocycles. The van der Waals surface area contributed by atoms with Crippen molar-refractivity contribution >= 4 is 7.25 Å². The zero-order valence-electron chi connectivity index (χ0n) is 8.44. The Balaban J connectivity index is 0.000000292. The van der Waals surface area contributed by atoms with Gasteiger partial charge in [0, 0.05) is 18.8 Å². The molecule has 0 atom stereocenters. The predicted octanol–water partition coefficient (Wildman–Crippen LogP) is 3.31. The molecule has 1 aliphatic heterocycles. The van der Waals surface area contributed by atoms with Gasteiger partial charge in [-0.25, -0.2) is 0 Å². The predicted molar refractivity (Wildman–Crippen MR) is 50.4 cm³/mol. The molecule has 84 valence electrons. The van der Waals surface area contributed by atoms with Crippen LogP contribution in [0.25, 0.3) is 0 Å². The van der Waals surface area contributed by atoms with Gasteiger partial charge in [-0.1, -0.05) is 13.0 Å². The molecule has 14 heavy (non-hydrogen) atoms. The minimum Gasteiger partial charge on any atom is -0.418 e. The first-order valence-electron chi connectivity index (χ1n) is 4.63. The number of nitrogens with zero attached hydrogens (tertiary/aromatic N) is 1. The largest absolute Gasteiger partial charge is 0.673 e. The highest BCUT2D eigenvalue weighted by Gasteiger charge is 2.20. The first-order chi connectivity index (χ1) is 6.34. The molecular formula is C8H15BF4N-. The Morgan fingerprint density at radius 1 is 1.36 bits per heavy atom. The molecule has 6 heteroatoms. The number of allylic oxidation sites excluding steroid dienone is 1. The van der Waals surface area contributed by atoms with Crippen LogP contribution in [-0.4, -0.2) is 25.2 Å². The van der Waals surface area contributed by atoms with Crippen LogP contribution in [0, 0.1) is 0 Å². The number of halogens is 4.